The lowest BCUT2D eigenvalue weighted by atomic mass is 10.2. The lowest BCUT2D eigenvalue weighted by Gasteiger charge is -2.12. The van der Waals surface area contributed by atoms with Gasteiger partial charge in [0.1, 0.15) is 11.5 Å². The molecule has 0 bridgehead atoms. The van der Waals surface area contributed by atoms with Crippen LogP contribution in [0.25, 0.3) is 11.5 Å². The quantitative estimate of drug-likeness (QED) is 0.410. The zero-order valence-corrected chi connectivity index (χ0v) is 18.2. The lowest BCUT2D eigenvalue weighted by molar-refractivity contribution is 0.102. The Morgan fingerprint density at radius 1 is 0.818 bits per heavy atom. The maximum Gasteiger partial charge on any atom is 0.322 e. The maximum absolute atomic E-state index is 12.6. The van der Waals surface area contributed by atoms with Crippen molar-refractivity contribution in [1.82, 2.24) is 10.2 Å². The van der Waals surface area contributed by atoms with Crippen LogP contribution >= 0.6 is 0 Å². The molecule has 33 heavy (non-hydrogen) atoms. The van der Waals surface area contributed by atoms with Gasteiger partial charge in [-0.3, -0.25) is 10.1 Å². The van der Waals surface area contributed by atoms with Crippen LogP contribution in [0.1, 0.15) is 10.4 Å². The van der Waals surface area contributed by atoms with Gasteiger partial charge in [-0.25, -0.2) is 0 Å². The Balaban J connectivity index is 1.47. The van der Waals surface area contributed by atoms with Crippen LogP contribution in [0.3, 0.4) is 0 Å². The Morgan fingerprint density at radius 2 is 1.45 bits per heavy atom. The fourth-order valence-electron chi connectivity index (χ4n) is 3.06. The summed E-state index contributed by atoms with van der Waals surface area (Å²) in [5.41, 5.74) is 0.947. The van der Waals surface area contributed by atoms with Crippen LogP contribution in [-0.2, 0) is 0 Å². The predicted octanol–water partition coefficient (Wildman–Crippen LogP) is 4.81. The molecule has 3 aromatic carbocycles. The average Bonchev–Trinajstić information content (AvgIpc) is 3.32. The zero-order valence-electron chi connectivity index (χ0n) is 18.2. The van der Waals surface area contributed by atoms with Gasteiger partial charge in [-0.2, -0.15) is 0 Å². The van der Waals surface area contributed by atoms with E-state index in [1.807, 2.05) is 30.3 Å². The molecule has 168 valence electrons. The standard InChI is InChI=1S/C24H21N3O6/c1-29-19-13-16(14-20(30-2)21(19)31-3)23-26-27-24(33-23)25-22(28)15-9-11-18(12-10-15)32-17-7-5-4-6-8-17/h4-14H,1-3H3,(H,25,27,28). The number of aromatic nitrogens is 2. The van der Waals surface area contributed by atoms with E-state index in [1.165, 1.54) is 21.3 Å². The molecule has 0 atom stereocenters. The Labute approximate surface area is 189 Å². The summed E-state index contributed by atoms with van der Waals surface area (Å²) < 4.78 is 27.3. The van der Waals surface area contributed by atoms with E-state index in [0.29, 0.717) is 39.9 Å². The third-order valence-corrected chi connectivity index (χ3v) is 4.65. The van der Waals surface area contributed by atoms with E-state index in [4.69, 9.17) is 23.4 Å². The third kappa shape index (κ3) is 4.87. The predicted molar refractivity (Wildman–Crippen MR) is 120 cm³/mol. The smallest absolute Gasteiger partial charge is 0.322 e. The van der Waals surface area contributed by atoms with Crippen molar-refractivity contribution in [3.05, 3.63) is 72.3 Å². The number of anilines is 1. The Hall–Kier alpha value is -4.53. The van der Waals surface area contributed by atoms with Crippen molar-refractivity contribution in [2.45, 2.75) is 0 Å². The molecule has 1 heterocycles. The summed E-state index contributed by atoms with van der Waals surface area (Å²) in [6, 6.07) is 19.4. The molecule has 0 aliphatic carbocycles. The summed E-state index contributed by atoms with van der Waals surface area (Å²) in [5, 5.41) is 10.5. The molecule has 0 unspecified atom stereocenters. The fourth-order valence-corrected chi connectivity index (χ4v) is 3.06. The van der Waals surface area contributed by atoms with Crippen molar-refractivity contribution >= 4 is 11.9 Å². The number of amides is 1. The molecule has 0 saturated carbocycles. The van der Waals surface area contributed by atoms with Gasteiger partial charge in [0.2, 0.25) is 11.6 Å². The lowest BCUT2D eigenvalue weighted by Crippen LogP contribution is -2.11. The van der Waals surface area contributed by atoms with E-state index in [1.54, 1.807) is 36.4 Å². The van der Waals surface area contributed by atoms with Gasteiger partial charge >= 0.3 is 6.01 Å². The van der Waals surface area contributed by atoms with Crippen LogP contribution in [0.15, 0.2) is 71.1 Å². The summed E-state index contributed by atoms with van der Waals surface area (Å²) in [6.07, 6.45) is 0. The van der Waals surface area contributed by atoms with E-state index in [9.17, 15) is 4.79 Å². The van der Waals surface area contributed by atoms with Gasteiger partial charge in [0.25, 0.3) is 5.91 Å². The first-order valence-electron chi connectivity index (χ1n) is 9.89. The van der Waals surface area contributed by atoms with Crippen LogP contribution in [0.5, 0.6) is 28.7 Å². The molecular formula is C24H21N3O6. The minimum Gasteiger partial charge on any atom is -0.493 e. The third-order valence-electron chi connectivity index (χ3n) is 4.65. The van der Waals surface area contributed by atoms with Crippen molar-refractivity contribution in [3.63, 3.8) is 0 Å². The van der Waals surface area contributed by atoms with E-state index in [2.05, 4.69) is 15.5 Å². The summed E-state index contributed by atoms with van der Waals surface area (Å²) in [6.45, 7) is 0. The number of ether oxygens (including phenoxy) is 4. The summed E-state index contributed by atoms with van der Waals surface area (Å²) in [7, 11) is 4.54. The molecule has 0 spiro atoms. The van der Waals surface area contributed by atoms with E-state index in [-0.39, 0.29) is 11.9 Å². The number of benzene rings is 3. The van der Waals surface area contributed by atoms with Crippen molar-refractivity contribution in [2.24, 2.45) is 0 Å². The number of methoxy groups -OCH3 is 3. The highest BCUT2D eigenvalue weighted by Gasteiger charge is 2.18. The number of rotatable bonds is 8. The largest absolute Gasteiger partial charge is 0.493 e. The molecule has 0 radical (unpaired) electrons. The fraction of sp³-hybridized carbons (Fsp3) is 0.125. The number of nitrogens with one attached hydrogen (secondary N) is 1. The highest BCUT2D eigenvalue weighted by molar-refractivity contribution is 6.03. The summed E-state index contributed by atoms with van der Waals surface area (Å²) in [5.74, 6) is 2.41. The van der Waals surface area contributed by atoms with Gasteiger partial charge in [0.05, 0.1) is 21.3 Å². The van der Waals surface area contributed by atoms with Gasteiger partial charge in [0.15, 0.2) is 11.5 Å². The SMILES string of the molecule is COc1cc(-c2nnc(NC(=O)c3ccc(Oc4ccccc4)cc3)o2)cc(OC)c1OC. The Kier molecular flexibility index (Phi) is 6.40. The summed E-state index contributed by atoms with van der Waals surface area (Å²) >= 11 is 0. The minimum absolute atomic E-state index is 0.0478. The molecule has 9 heteroatoms. The molecule has 0 saturated heterocycles. The van der Waals surface area contributed by atoms with Crippen LogP contribution in [0.2, 0.25) is 0 Å². The zero-order chi connectivity index (χ0) is 23.2. The van der Waals surface area contributed by atoms with Crippen LogP contribution in [-0.4, -0.2) is 37.4 Å². The molecule has 4 rings (SSSR count). The van der Waals surface area contributed by atoms with Crippen molar-refractivity contribution in [1.29, 1.82) is 0 Å². The Morgan fingerprint density at radius 3 is 2.06 bits per heavy atom. The van der Waals surface area contributed by atoms with E-state index >= 15 is 0 Å². The van der Waals surface area contributed by atoms with Crippen LogP contribution in [0, 0.1) is 0 Å². The first-order valence-corrected chi connectivity index (χ1v) is 9.89. The first kappa shape index (κ1) is 21.7. The van der Waals surface area contributed by atoms with Gasteiger partial charge in [-0.15, -0.1) is 5.10 Å². The van der Waals surface area contributed by atoms with E-state index in [0.717, 1.165) is 0 Å². The second-order valence-corrected chi connectivity index (χ2v) is 6.72. The normalized spacial score (nSPS) is 10.4. The molecule has 0 aliphatic rings. The van der Waals surface area contributed by atoms with Gasteiger partial charge in [-0.1, -0.05) is 23.3 Å². The van der Waals surface area contributed by atoms with Gasteiger partial charge in [0, 0.05) is 11.1 Å². The van der Waals surface area contributed by atoms with Crippen molar-refractivity contribution in [3.8, 4) is 40.2 Å². The number of hydrogen-bond acceptors (Lipinski definition) is 8. The number of hydrogen-bond donors (Lipinski definition) is 1. The average molecular weight is 447 g/mol. The maximum atomic E-state index is 12.6. The second kappa shape index (κ2) is 9.73. The molecule has 4 aromatic rings. The van der Waals surface area contributed by atoms with Crippen molar-refractivity contribution in [2.75, 3.05) is 26.6 Å². The molecule has 0 fully saturated rings. The second-order valence-electron chi connectivity index (χ2n) is 6.72. The monoisotopic (exact) mass is 447 g/mol. The summed E-state index contributed by atoms with van der Waals surface area (Å²) in [4.78, 5) is 12.6. The number of carbonyl (C=O) groups is 1. The molecular weight excluding hydrogens is 426 g/mol. The minimum atomic E-state index is -0.402. The Bertz CT molecular complexity index is 1210. The van der Waals surface area contributed by atoms with Gasteiger partial charge < -0.3 is 23.4 Å². The topological polar surface area (TPSA) is 105 Å². The highest BCUT2D eigenvalue weighted by Crippen LogP contribution is 2.41. The molecule has 1 amide bonds. The van der Waals surface area contributed by atoms with Crippen LogP contribution in [0.4, 0.5) is 6.01 Å². The molecule has 1 aromatic heterocycles. The molecule has 1 N–H and O–H groups in total. The molecule has 9 nitrogen and oxygen atoms in total. The van der Waals surface area contributed by atoms with E-state index < -0.39 is 5.91 Å². The number of nitrogens with zero attached hydrogens (tertiary/aromatic N) is 2. The molecule has 0 aliphatic heterocycles. The number of para-hydroxylation sites is 1. The first-order chi connectivity index (χ1) is 16.1. The van der Waals surface area contributed by atoms with Gasteiger partial charge in [-0.05, 0) is 48.5 Å². The van der Waals surface area contributed by atoms with Crippen LogP contribution < -0.4 is 24.3 Å². The number of carbonyl (C=O) groups excluding carboxylic acids is 1. The van der Waals surface area contributed by atoms with Crippen molar-refractivity contribution < 1.29 is 28.2 Å². The highest BCUT2D eigenvalue weighted by atomic mass is 16.5.